The fourth-order valence-corrected chi connectivity index (χ4v) is 2.78. The molecule has 1 aromatic carbocycles. The van der Waals surface area contributed by atoms with Crippen LogP contribution in [0.15, 0.2) is 12.1 Å². The monoisotopic (exact) mass is 289 g/mol. The number of hydrogen-bond acceptors (Lipinski definition) is 3. The molecular formula is C17H27N3O. The number of amides is 1. The summed E-state index contributed by atoms with van der Waals surface area (Å²) < 4.78 is 0. The van der Waals surface area contributed by atoms with Gasteiger partial charge in [0.2, 0.25) is 5.91 Å². The molecule has 0 aromatic heterocycles. The molecule has 0 spiro atoms. The maximum Gasteiger partial charge on any atom is 0.236 e. The van der Waals surface area contributed by atoms with E-state index in [0.29, 0.717) is 6.54 Å². The summed E-state index contributed by atoms with van der Waals surface area (Å²) in [5.74, 6) is 0.237. The van der Waals surface area contributed by atoms with E-state index in [4.69, 9.17) is 0 Å². The Morgan fingerprint density at radius 3 is 2.43 bits per heavy atom. The molecule has 1 amide bonds. The highest BCUT2D eigenvalue weighted by Crippen LogP contribution is 2.16. The summed E-state index contributed by atoms with van der Waals surface area (Å²) in [4.78, 5) is 16.3. The average molecular weight is 289 g/mol. The first-order valence-corrected chi connectivity index (χ1v) is 7.71. The minimum atomic E-state index is 0.237. The summed E-state index contributed by atoms with van der Waals surface area (Å²) >= 11 is 0. The summed E-state index contributed by atoms with van der Waals surface area (Å²) in [6, 6.07) is 4.48. The minimum absolute atomic E-state index is 0.237. The van der Waals surface area contributed by atoms with Crippen molar-refractivity contribution in [1.82, 2.24) is 15.1 Å². The van der Waals surface area contributed by atoms with Crippen molar-refractivity contribution in [1.29, 1.82) is 0 Å². The van der Waals surface area contributed by atoms with Crippen LogP contribution in [0.1, 0.15) is 22.3 Å². The molecule has 1 heterocycles. The lowest BCUT2D eigenvalue weighted by atomic mass is 10.0. The zero-order valence-electron chi connectivity index (χ0n) is 13.7. The van der Waals surface area contributed by atoms with Crippen LogP contribution < -0.4 is 5.32 Å². The van der Waals surface area contributed by atoms with E-state index in [0.717, 1.165) is 32.7 Å². The number of nitrogens with one attached hydrogen (secondary N) is 1. The highest BCUT2D eigenvalue weighted by atomic mass is 16.2. The van der Waals surface area contributed by atoms with E-state index >= 15 is 0 Å². The summed E-state index contributed by atoms with van der Waals surface area (Å²) in [6.07, 6.45) is 0. The van der Waals surface area contributed by atoms with Gasteiger partial charge in [-0.05, 0) is 50.1 Å². The molecule has 1 aromatic rings. The molecule has 0 unspecified atom stereocenters. The van der Waals surface area contributed by atoms with Crippen LogP contribution in [0.25, 0.3) is 0 Å². The molecule has 1 N–H and O–H groups in total. The Hall–Kier alpha value is -1.39. The largest absolute Gasteiger partial charge is 0.339 e. The third-order valence-electron chi connectivity index (χ3n) is 4.27. The Labute approximate surface area is 128 Å². The fraction of sp³-hybridized carbons (Fsp3) is 0.588. The van der Waals surface area contributed by atoms with Gasteiger partial charge in [0, 0.05) is 32.7 Å². The zero-order chi connectivity index (χ0) is 15.4. The number of rotatable bonds is 4. The molecule has 4 heteroatoms. The quantitative estimate of drug-likeness (QED) is 0.912. The lowest BCUT2D eigenvalue weighted by Crippen LogP contribution is -2.49. The topological polar surface area (TPSA) is 35.6 Å². The third kappa shape index (κ3) is 4.29. The molecule has 0 saturated carbocycles. The van der Waals surface area contributed by atoms with Crippen molar-refractivity contribution >= 4 is 5.91 Å². The van der Waals surface area contributed by atoms with Crippen molar-refractivity contribution in [3.63, 3.8) is 0 Å². The standard InChI is InChI=1S/C17H27N3O/c1-13-9-15(3)16(10-14(13)2)11-19(4)12-17(21)20-7-5-18-6-8-20/h9-10,18H,5-8,11-12H2,1-4H3. The number of carbonyl (C=O) groups is 1. The third-order valence-corrected chi connectivity index (χ3v) is 4.27. The minimum Gasteiger partial charge on any atom is -0.339 e. The Bertz CT molecular complexity index is 507. The van der Waals surface area contributed by atoms with Crippen LogP contribution in [0.2, 0.25) is 0 Å². The second-order valence-corrected chi connectivity index (χ2v) is 6.17. The van der Waals surface area contributed by atoms with E-state index in [1.165, 1.54) is 22.3 Å². The van der Waals surface area contributed by atoms with Crippen LogP contribution >= 0.6 is 0 Å². The normalized spacial score (nSPS) is 15.6. The zero-order valence-corrected chi connectivity index (χ0v) is 13.7. The first kappa shape index (κ1) is 16.0. The van der Waals surface area contributed by atoms with Crippen molar-refractivity contribution in [2.24, 2.45) is 0 Å². The molecule has 21 heavy (non-hydrogen) atoms. The van der Waals surface area contributed by atoms with Gasteiger partial charge in [0.1, 0.15) is 0 Å². The molecule has 1 fully saturated rings. The van der Waals surface area contributed by atoms with Crippen LogP contribution in [0.3, 0.4) is 0 Å². The Morgan fingerprint density at radius 2 is 1.76 bits per heavy atom. The van der Waals surface area contributed by atoms with Gasteiger partial charge in [0.25, 0.3) is 0 Å². The van der Waals surface area contributed by atoms with E-state index in [9.17, 15) is 4.79 Å². The molecule has 0 aliphatic carbocycles. The molecule has 0 radical (unpaired) electrons. The number of benzene rings is 1. The lowest BCUT2D eigenvalue weighted by Gasteiger charge is -2.29. The Morgan fingerprint density at radius 1 is 1.14 bits per heavy atom. The molecule has 0 atom stereocenters. The highest BCUT2D eigenvalue weighted by molar-refractivity contribution is 5.78. The van der Waals surface area contributed by atoms with E-state index in [1.807, 2.05) is 11.9 Å². The maximum absolute atomic E-state index is 12.3. The summed E-state index contributed by atoms with van der Waals surface area (Å²) in [6.45, 7) is 11.2. The lowest BCUT2D eigenvalue weighted by molar-refractivity contribution is -0.132. The predicted octanol–water partition coefficient (Wildman–Crippen LogP) is 1.48. The predicted molar refractivity (Wildman–Crippen MR) is 86.4 cm³/mol. The van der Waals surface area contributed by atoms with Crippen LogP contribution in [0.5, 0.6) is 0 Å². The summed E-state index contributed by atoms with van der Waals surface area (Å²) in [5.41, 5.74) is 5.27. The van der Waals surface area contributed by atoms with E-state index < -0.39 is 0 Å². The van der Waals surface area contributed by atoms with Gasteiger partial charge >= 0.3 is 0 Å². The second-order valence-electron chi connectivity index (χ2n) is 6.17. The van der Waals surface area contributed by atoms with Crippen LogP contribution in [-0.4, -0.2) is 55.5 Å². The second kappa shape index (κ2) is 7.05. The number of carbonyl (C=O) groups excluding carboxylic acids is 1. The van der Waals surface area contributed by atoms with Crippen molar-refractivity contribution in [3.8, 4) is 0 Å². The first-order chi connectivity index (χ1) is 9.97. The first-order valence-electron chi connectivity index (χ1n) is 7.71. The van der Waals surface area contributed by atoms with Gasteiger partial charge < -0.3 is 10.2 Å². The molecule has 1 aliphatic heterocycles. The average Bonchev–Trinajstić information content (AvgIpc) is 2.45. The van der Waals surface area contributed by atoms with Gasteiger partial charge in [-0.15, -0.1) is 0 Å². The van der Waals surface area contributed by atoms with Gasteiger partial charge in [-0.25, -0.2) is 0 Å². The van der Waals surface area contributed by atoms with Crippen molar-refractivity contribution < 1.29 is 4.79 Å². The molecule has 4 nitrogen and oxygen atoms in total. The van der Waals surface area contributed by atoms with Gasteiger partial charge in [-0.1, -0.05) is 12.1 Å². The van der Waals surface area contributed by atoms with Crippen molar-refractivity contribution in [2.75, 3.05) is 39.8 Å². The highest BCUT2D eigenvalue weighted by Gasteiger charge is 2.17. The molecule has 2 rings (SSSR count). The number of aryl methyl sites for hydroxylation is 3. The molecule has 0 bridgehead atoms. The fourth-order valence-electron chi connectivity index (χ4n) is 2.78. The maximum atomic E-state index is 12.3. The van der Waals surface area contributed by atoms with E-state index in [-0.39, 0.29) is 5.91 Å². The summed E-state index contributed by atoms with van der Waals surface area (Å²) in [7, 11) is 2.02. The number of hydrogen-bond donors (Lipinski definition) is 1. The number of piperazine rings is 1. The van der Waals surface area contributed by atoms with E-state index in [2.05, 4.69) is 43.1 Å². The van der Waals surface area contributed by atoms with Crippen LogP contribution in [-0.2, 0) is 11.3 Å². The van der Waals surface area contributed by atoms with Gasteiger partial charge in [-0.2, -0.15) is 0 Å². The van der Waals surface area contributed by atoms with E-state index in [1.54, 1.807) is 0 Å². The summed E-state index contributed by atoms with van der Waals surface area (Å²) in [5, 5.41) is 3.27. The van der Waals surface area contributed by atoms with Gasteiger partial charge in [0.05, 0.1) is 6.54 Å². The smallest absolute Gasteiger partial charge is 0.236 e. The molecular weight excluding hydrogens is 262 g/mol. The van der Waals surface area contributed by atoms with Crippen LogP contribution in [0, 0.1) is 20.8 Å². The Kier molecular flexibility index (Phi) is 5.37. The van der Waals surface area contributed by atoms with Crippen molar-refractivity contribution in [2.45, 2.75) is 27.3 Å². The van der Waals surface area contributed by atoms with Gasteiger partial charge in [-0.3, -0.25) is 9.69 Å². The Balaban J connectivity index is 1.93. The van der Waals surface area contributed by atoms with Gasteiger partial charge in [0.15, 0.2) is 0 Å². The van der Waals surface area contributed by atoms with Crippen molar-refractivity contribution in [3.05, 3.63) is 34.4 Å². The van der Waals surface area contributed by atoms with Crippen LogP contribution in [0.4, 0.5) is 0 Å². The molecule has 1 aliphatic rings. The molecule has 1 saturated heterocycles. The SMILES string of the molecule is Cc1cc(C)c(CN(C)CC(=O)N2CCNCC2)cc1C. The molecule has 116 valence electrons. The number of nitrogens with zero attached hydrogens (tertiary/aromatic N) is 2. The number of likely N-dealkylation sites (N-methyl/N-ethyl adjacent to an activating group) is 1.